The molecule has 0 radical (unpaired) electrons. The Labute approximate surface area is 105 Å². The summed E-state index contributed by atoms with van der Waals surface area (Å²) in [5.41, 5.74) is 3.63. The molecular formula is C12H16FN5. The van der Waals surface area contributed by atoms with E-state index in [1.165, 1.54) is 18.5 Å². The Morgan fingerprint density at radius 2 is 2.28 bits per heavy atom. The fourth-order valence-corrected chi connectivity index (χ4v) is 1.86. The molecule has 5 nitrogen and oxygen atoms in total. The summed E-state index contributed by atoms with van der Waals surface area (Å²) in [5.74, 6) is 6.13. The van der Waals surface area contributed by atoms with Gasteiger partial charge < -0.3 is 0 Å². The molecule has 0 saturated heterocycles. The van der Waals surface area contributed by atoms with Crippen molar-refractivity contribution in [3.8, 4) is 0 Å². The van der Waals surface area contributed by atoms with Crippen LogP contribution in [0.3, 0.4) is 0 Å². The standard InChI is InChI=1S/C12H16FN5/c1-18-12(15-8-16-18)7-11(17-14)6-9-3-2-4-10(13)5-9/h2-5,8,11,17H,6-7,14H2,1H3. The van der Waals surface area contributed by atoms with Crippen LogP contribution in [-0.2, 0) is 19.9 Å². The first-order chi connectivity index (χ1) is 8.69. The summed E-state index contributed by atoms with van der Waals surface area (Å²) in [6, 6.07) is 6.51. The molecule has 1 heterocycles. The number of nitrogens with two attached hydrogens (primary N) is 1. The molecule has 3 N–H and O–H groups in total. The first kappa shape index (κ1) is 12.7. The average molecular weight is 249 g/mol. The maximum atomic E-state index is 13.1. The van der Waals surface area contributed by atoms with E-state index in [4.69, 9.17) is 5.84 Å². The van der Waals surface area contributed by atoms with Crippen molar-refractivity contribution in [2.45, 2.75) is 18.9 Å². The molecule has 1 unspecified atom stereocenters. The topological polar surface area (TPSA) is 68.8 Å². The van der Waals surface area contributed by atoms with Gasteiger partial charge in [0.15, 0.2) is 0 Å². The lowest BCUT2D eigenvalue weighted by atomic mass is 10.0. The number of aromatic nitrogens is 3. The highest BCUT2D eigenvalue weighted by Crippen LogP contribution is 2.08. The third kappa shape index (κ3) is 3.12. The third-order valence-electron chi connectivity index (χ3n) is 2.84. The van der Waals surface area contributed by atoms with Crippen LogP contribution >= 0.6 is 0 Å². The van der Waals surface area contributed by atoms with Crippen LogP contribution in [0.25, 0.3) is 0 Å². The van der Waals surface area contributed by atoms with E-state index in [0.717, 1.165) is 11.4 Å². The number of rotatable bonds is 5. The molecular weight excluding hydrogens is 233 g/mol. The molecule has 1 aromatic heterocycles. The van der Waals surface area contributed by atoms with Crippen LogP contribution in [0.2, 0.25) is 0 Å². The summed E-state index contributed by atoms with van der Waals surface area (Å²) in [5, 5.41) is 4.00. The van der Waals surface area contributed by atoms with Gasteiger partial charge in [-0.25, -0.2) is 9.37 Å². The smallest absolute Gasteiger partial charge is 0.138 e. The van der Waals surface area contributed by atoms with Crippen molar-refractivity contribution in [1.82, 2.24) is 20.2 Å². The Morgan fingerprint density at radius 3 is 2.89 bits per heavy atom. The van der Waals surface area contributed by atoms with E-state index in [-0.39, 0.29) is 11.9 Å². The molecule has 0 bridgehead atoms. The number of aryl methyl sites for hydroxylation is 1. The van der Waals surface area contributed by atoms with E-state index in [0.29, 0.717) is 12.8 Å². The van der Waals surface area contributed by atoms with Crippen molar-refractivity contribution in [1.29, 1.82) is 0 Å². The quantitative estimate of drug-likeness (QED) is 0.600. The predicted molar refractivity (Wildman–Crippen MR) is 65.9 cm³/mol. The van der Waals surface area contributed by atoms with Gasteiger partial charge in [-0.1, -0.05) is 12.1 Å². The van der Waals surface area contributed by atoms with Gasteiger partial charge >= 0.3 is 0 Å². The summed E-state index contributed by atoms with van der Waals surface area (Å²) >= 11 is 0. The van der Waals surface area contributed by atoms with Gasteiger partial charge in [0.25, 0.3) is 0 Å². The van der Waals surface area contributed by atoms with Gasteiger partial charge in [-0.15, -0.1) is 0 Å². The number of halogens is 1. The third-order valence-corrected chi connectivity index (χ3v) is 2.84. The second-order valence-electron chi connectivity index (χ2n) is 4.20. The Kier molecular flexibility index (Phi) is 4.01. The first-order valence-corrected chi connectivity index (χ1v) is 5.72. The van der Waals surface area contributed by atoms with Crippen LogP contribution in [0.4, 0.5) is 4.39 Å². The lowest BCUT2D eigenvalue weighted by Crippen LogP contribution is -2.39. The van der Waals surface area contributed by atoms with E-state index in [9.17, 15) is 4.39 Å². The van der Waals surface area contributed by atoms with Crippen molar-refractivity contribution in [3.63, 3.8) is 0 Å². The average Bonchev–Trinajstić information content (AvgIpc) is 2.74. The lowest BCUT2D eigenvalue weighted by molar-refractivity contribution is 0.498. The van der Waals surface area contributed by atoms with Gasteiger partial charge in [0.2, 0.25) is 0 Å². The van der Waals surface area contributed by atoms with E-state index in [1.807, 2.05) is 13.1 Å². The fraction of sp³-hybridized carbons (Fsp3) is 0.333. The van der Waals surface area contributed by atoms with Gasteiger partial charge in [0.05, 0.1) is 0 Å². The largest absolute Gasteiger partial charge is 0.271 e. The lowest BCUT2D eigenvalue weighted by Gasteiger charge is -2.15. The summed E-state index contributed by atoms with van der Waals surface area (Å²) in [6.07, 6.45) is 2.79. The van der Waals surface area contributed by atoms with Crippen molar-refractivity contribution >= 4 is 0 Å². The normalized spacial score (nSPS) is 12.6. The van der Waals surface area contributed by atoms with E-state index < -0.39 is 0 Å². The van der Waals surface area contributed by atoms with E-state index >= 15 is 0 Å². The number of hydrazine groups is 1. The van der Waals surface area contributed by atoms with Crippen LogP contribution in [-0.4, -0.2) is 20.8 Å². The molecule has 96 valence electrons. The summed E-state index contributed by atoms with van der Waals surface area (Å²) < 4.78 is 14.8. The van der Waals surface area contributed by atoms with Gasteiger partial charge in [0, 0.05) is 19.5 Å². The summed E-state index contributed by atoms with van der Waals surface area (Å²) in [6.45, 7) is 0. The number of nitrogens with zero attached hydrogens (tertiary/aromatic N) is 3. The Bertz CT molecular complexity index is 511. The van der Waals surface area contributed by atoms with Crippen LogP contribution in [0.15, 0.2) is 30.6 Å². The monoisotopic (exact) mass is 249 g/mol. The molecule has 2 rings (SSSR count). The molecule has 0 spiro atoms. The Morgan fingerprint density at radius 1 is 1.44 bits per heavy atom. The predicted octanol–water partition coefficient (Wildman–Crippen LogP) is 0.571. The van der Waals surface area contributed by atoms with Crippen molar-refractivity contribution in [2.24, 2.45) is 12.9 Å². The van der Waals surface area contributed by atoms with E-state index in [1.54, 1.807) is 10.7 Å². The Hall–Kier alpha value is -1.79. The SMILES string of the molecule is Cn1ncnc1CC(Cc1cccc(F)c1)NN. The highest BCUT2D eigenvalue weighted by atomic mass is 19.1. The van der Waals surface area contributed by atoms with Crippen molar-refractivity contribution < 1.29 is 4.39 Å². The maximum absolute atomic E-state index is 13.1. The molecule has 6 heteroatoms. The highest BCUT2D eigenvalue weighted by molar-refractivity contribution is 5.17. The number of hydrogen-bond donors (Lipinski definition) is 2. The second kappa shape index (κ2) is 5.70. The van der Waals surface area contributed by atoms with Crippen LogP contribution in [0.1, 0.15) is 11.4 Å². The summed E-state index contributed by atoms with van der Waals surface area (Å²) in [7, 11) is 1.83. The van der Waals surface area contributed by atoms with Crippen molar-refractivity contribution in [3.05, 3.63) is 47.8 Å². The highest BCUT2D eigenvalue weighted by Gasteiger charge is 2.12. The molecule has 18 heavy (non-hydrogen) atoms. The molecule has 0 saturated carbocycles. The van der Waals surface area contributed by atoms with Crippen molar-refractivity contribution in [2.75, 3.05) is 0 Å². The maximum Gasteiger partial charge on any atom is 0.138 e. The van der Waals surface area contributed by atoms with Gasteiger partial charge in [-0.2, -0.15) is 5.10 Å². The zero-order chi connectivity index (χ0) is 13.0. The van der Waals surface area contributed by atoms with E-state index in [2.05, 4.69) is 15.5 Å². The van der Waals surface area contributed by atoms with Crippen LogP contribution < -0.4 is 11.3 Å². The minimum atomic E-state index is -0.234. The van der Waals surface area contributed by atoms with Crippen LogP contribution in [0, 0.1) is 5.82 Å². The fourth-order valence-electron chi connectivity index (χ4n) is 1.86. The number of benzene rings is 1. The van der Waals surface area contributed by atoms with Gasteiger partial charge in [-0.05, 0) is 24.1 Å². The zero-order valence-electron chi connectivity index (χ0n) is 10.2. The first-order valence-electron chi connectivity index (χ1n) is 5.72. The molecule has 0 aliphatic heterocycles. The summed E-state index contributed by atoms with van der Waals surface area (Å²) in [4.78, 5) is 4.14. The molecule has 0 fully saturated rings. The molecule has 0 aliphatic carbocycles. The number of nitrogens with one attached hydrogen (secondary N) is 1. The second-order valence-corrected chi connectivity index (χ2v) is 4.20. The minimum absolute atomic E-state index is 0.00491. The van der Waals surface area contributed by atoms with Gasteiger partial charge in [-0.3, -0.25) is 16.0 Å². The molecule has 0 aliphatic rings. The van der Waals surface area contributed by atoms with Gasteiger partial charge in [0.1, 0.15) is 18.0 Å². The molecule has 0 amide bonds. The van der Waals surface area contributed by atoms with Crippen LogP contribution in [0.5, 0.6) is 0 Å². The molecule has 1 aromatic carbocycles. The zero-order valence-corrected chi connectivity index (χ0v) is 10.2. The number of hydrogen-bond acceptors (Lipinski definition) is 4. The minimum Gasteiger partial charge on any atom is -0.271 e. The molecule has 1 atom stereocenters. The Balaban J connectivity index is 2.04. The molecule has 2 aromatic rings.